The largest absolute Gasteiger partial charge is 0.274 e. The minimum atomic E-state index is -0.374. The van der Waals surface area contributed by atoms with Gasteiger partial charge in [-0.15, -0.1) is 0 Å². The average Bonchev–Trinajstić information content (AvgIpc) is 3.73. The average molecular weight is 586 g/mol. The molecule has 11 rings (SSSR count). The van der Waals surface area contributed by atoms with Gasteiger partial charge in [-0.3, -0.25) is 9.20 Å². The summed E-state index contributed by atoms with van der Waals surface area (Å²) in [5, 5.41) is 5.14. The number of benzene rings is 6. The number of aromatic nitrogens is 1. The van der Waals surface area contributed by atoms with Crippen LogP contribution in [0.15, 0.2) is 150 Å². The normalized spacial score (nSPS) is 17.8. The van der Waals surface area contributed by atoms with Crippen molar-refractivity contribution in [2.24, 2.45) is 0 Å². The van der Waals surface area contributed by atoms with Gasteiger partial charge in [0, 0.05) is 27.1 Å². The van der Waals surface area contributed by atoms with E-state index in [9.17, 15) is 4.79 Å². The molecule has 8 aromatic rings. The van der Waals surface area contributed by atoms with Gasteiger partial charge in [0.15, 0.2) is 0 Å². The van der Waals surface area contributed by atoms with E-state index in [-0.39, 0.29) is 11.0 Å². The van der Waals surface area contributed by atoms with E-state index in [4.69, 9.17) is 0 Å². The SMILES string of the molecule is O=c1c2ccccc2c2cc(-c3ccccc3)cc3c4ccc5c(c4n1c23)-c1ccccc1C51C2=C(C=CCC2)c2ccccc21. The fourth-order valence-electron chi connectivity index (χ4n) is 9.35. The maximum atomic E-state index is 14.7. The first kappa shape index (κ1) is 24.6. The van der Waals surface area contributed by atoms with Crippen molar-refractivity contribution in [1.29, 1.82) is 0 Å². The second-order valence-electron chi connectivity index (χ2n) is 13.0. The molecule has 0 saturated carbocycles. The molecular weight excluding hydrogens is 558 g/mol. The van der Waals surface area contributed by atoms with E-state index in [2.05, 4.69) is 126 Å². The van der Waals surface area contributed by atoms with Crippen molar-refractivity contribution in [2.45, 2.75) is 18.3 Å². The highest BCUT2D eigenvalue weighted by Crippen LogP contribution is 2.64. The van der Waals surface area contributed by atoms with Crippen LogP contribution in [-0.4, -0.2) is 4.40 Å². The zero-order valence-electron chi connectivity index (χ0n) is 25.0. The molecule has 0 saturated heterocycles. The summed E-state index contributed by atoms with van der Waals surface area (Å²) in [7, 11) is 0. The lowest BCUT2D eigenvalue weighted by Gasteiger charge is -2.33. The molecule has 0 aliphatic heterocycles. The molecule has 1 atom stereocenters. The van der Waals surface area contributed by atoms with E-state index in [1.165, 1.54) is 50.1 Å². The molecule has 3 aliphatic rings. The van der Waals surface area contributed by atoms with Gasteiger partial charge in [0.25, 0.3) is 5.56 Å². The summed E-state index contributed by atoms with van der Waals surface area (Å²) in [5.74, 6) is 0. The van der Waals surface area contributed by atoms with E-state index < -0.39 is 0 Å². The van der Waals surface area contributed by atoms with Crippen LogP contribution in [0, 0.1) is 0 Å². The minimum Gasteiger partial charge on any atom is -0.274 e. The molecule has 0 fully saturated rings. The van der Waals surface area contributed by atoms with Crippen molar-refractivity contribution in [3.8, 4) is 22.3 Å². The first-order chi connectivity index (χ1) is 22.8. The monoisotopic (exact) mass is 585 g/mol. The topological polar surface area (TPSA) is 21.5 Å². The van der Waals surface area contributed by atoms with Gasteiger partial charge in [-0.1, -0.05) is 121 Å². The highest BCUT2D eigenvalue weighted by atomic mass is 16.1. The smallest absolute Gasteiger partial charge is 0.263 e. The lowest BCUT2D eigenvalue weighted by atomic mass is 9.68. The van der Waals surface area contributed by atoms with Crippen molar-refractivity contribution in [3.63, 3.8) is 0 Å². The van der Waals surface area contributed by atoms with Crippen LogP contribution in [0.1, 0.15) is 35.1 Å². The van der Waals surface area contributed by atoms with E-state index in [0.29, 0.717) is 0 Å². The van der Waals surface area contributed by atoms with Gasteiger partial charge in [0.1, 0.15) is 0 Å². The zero-order valence-corrected chi connectivity index (χ0v) is 25.0. The Morgan fingerprint density at radius 2 is 1.22 bits per heavy atom. The summed E-state index contributed by atoms with van der Waals surface area (Å²) >= 11 is 0. The number of hydrogen-bond donors (Lipinski definition) is 0. The maximum Gasteiger partial charge on any atom is 0.263 e. The van der Waals surface area contributed by atoms with Crippen molar-refractivity contribution in [1.82, 2.24) is 4.40 Å². The van der Waals surface area contributed by atoms with Crippen LogP contribution in [0.4, 0.5) is 0 Å². The van der Waals surface area contributed by atoms with Crippen LogP contribution in [-0.2, 0) is 5.41 Å². The third-order valence-electron chi connectivity index (χ3n) is 11.0. The standard InChI is InChI=1S/C44H27NO/c46-43-32-17-5-4-14-28(32)34-24-27(26-12-2-1-3-13-26)25-35-31-22-23-39-40(42(31)45(43)41(34)35)33-18-8-11-21-38(33)44(39)36-19-9-6-15-29(36)30-16-7-10-20-37(30)44/h1-9,11-19,21-25H,10,20H2. The Balaban J connectivity index is 1.38. The number of fused-ring (bicyclic) bond motifs is 15. The summed E-state index contributed by atoms with van der Waals surface area (Å²) in [5.41, 5.74) is 14.7. The van der Waals surface area contributed by atoms with Crippen LogP contribution in [0.3, 0.4) is 0 Å². The molecule has 0 N–H and O–H groups in total. The first-order valence-electron chi connectivity index (χ1n) is 16.2. The second-order valence-corrected chi connectivity index (χ2v) is 13.0. The predicted molar refractivity (Wildman–Crippen MR) is 190 cm³/mol. The third kappa shape index (κ3) is 2.74. The summed E-state index contributed by atoms with van der Waals surface area (Å²) in [6.07, 6.45) is 6.73. The fraction of sp³-hybridized carbons (Fsp3) is 0.0682. The molecule has 1 spiro atoms. The Bertz CT molecular complexity index is 2760. The number of nitrogens with zero attached hydrogens (tertiary/aromatic N) is 1. The Kier molecular flexibility index (Phi) is 4.54. The van der Waals surface area contributed by atoms with E-state index >= 15 is 0 Å². The molecule has 2 heterocycles. The summed E-state index contributed by atoms with van der Waals surface area (Å²) in [4.78, 5) is 14.7. The molecule has 2 aromatic heterocycles. The van der Waals surface area contributed by atoms with Gasteiger partial charge < -0.3 is 0 Å². The van der Waals surface area contributed by atoms with Crippen LogP contribution in [0.5, 0.6) is 0 Å². The van der Waals surface area contributed by atoms with Gasteiger partial charge in [0.2, 0.25) is 0 Å². The summed E-state index contributed by atoms with van der Waals surface area (Å²) in [6, 6.07) is 46.0. The molecule has 0 radical (unpaired) electrons. The molecule has 6 aromatic carbocycles. The summed E-state index contributed by atoms with van der Waals surface area (Å²) in [6.45, 7) is 0. The Hall–Kier alpha value is -5.73. The van der Waals surface area contributed by atoms with Gasteiger partial charge in [0.05, 0.1) is 16.4 Å². The van der Waals surface area contributed by atoms with Crippen LogP contribution < -0.4 is 5.56 Å². The molecule has 0 amide bonds. The number of rotatable bonds is 1. The van der Waals surface area contributed by atoms with Gasteiger partial charge in [-0.25, -0.2) is 0 Å². The molecule has 3 aliphatic carbocycles. The first-order valence-corrected chi connectivity index (χ1v) is 16.2. The number of pyridine rings is 1. The molecule has 2 heteroatoms. The van der Waals surface area contributed by atoms with E-state index in [1.807, 2.05) is 18.2 Å². The zero-order chi connectivity index (χ0) is 30.1. The predicted octanol–water partition coefficient (Wildman–Crippen LogP) is 10.3. The van der Waals surface area contributed by atoms with Crippen LogP contribution >= 0.6 is 0 Å². The highest BCUT2D eigenvalue weighted by molar-refractivity contribution is 6.24. The third-order valence-corrected chi connectivity index (χ3v) is 11.0. The van der Waals surface area contributed by atoms with E-state index in [0.717, 1.165) is 56.4 Å². The van der Waals surface area contributed by atoms with Crippen molar-refractivity contribution in [2.75, 3.05) is 0 Å². The maximum absolute atomic E-state index is 14.7. The van der Waals surface area contributed by atoms with E-state index in [1.54, 1.807) is 0 Å². The molecule has 46 heavy (non-hydrogen) atoms. The Morgan fingerprint density at radius 3 is 2.04 bits per heavy atom. The molecule has 2 nitrogen and oxygen atoms in total. The summed E-state index contributed by atoms with van der Waals surface area (Å²) < 4.78 is 2.06. The van der Waals surface area contributed by atoms with Crippen molar-refractivity contribution >= 4 is 43.5 Å². The number of hydrogen-bond acceptors (Lipinski definition) is 1. The van der Waals surface area contributed by atoms with Crippen molar-refractivity contribution < 1.29 is 0 Å². The van der Waals surface area contributed by atoms with Gasteiger partial charge in [-0.05, 0) is 86.5 Å². The van der Waals surface area contributed by atoms with Crippen molar-refractivity contribution in [3.05, 3.63) is 178 Å². The quantitative estimate of drug-likeness (QED) is 0.176. The second kappa shape index (κ2) is 8.50. The molecule has 214 valence electrons. The lowest BCUT2D eigenvalue weighted by Crippen LogP contribution is -2.27. The molecule has 0 bridgehead atoms. The Labute approximate surface area is 265 Å². The number of allylic oxidation sites excluding steroid dienone is 4. The van der Waals surface area contributed by atoms with Crippen LogP contribution in [0.25, 0.3) is 65.8 Å². The van der Waals surface area contributed by atoms with Gasteiger partial charge in [-0.2, -0.15) is 0 Å². The lowest BCUT2D eigenvalue weighted by molar-refractivity contribution is 0.714. The Morgan fingerprint density at radius 1 is 0.543 bits per heavy atom. The molecular formula is C44H27NO. The minimum absolute atomic E-state index is 0.0507. The molecule has 1 unspecified atom stereocenters. The fourth-order valence-corrected chi connectivity index (χ4v) is 9.35. The van der Waals surface area contributed by atoms with Crippen LogP contribution in [0.2, 0.25) is 0 Å². The highest BCUT2D eigenvalue weighted by Gasteiger charge is 2.53. The van der Waals surface area contributed by atoms with Gasteiger partial charge >= 0.3 is 0 Å².